The predicted molar refractivity (Wildman–Crippen MR) is 97.8 cm³/mol. The minimum absolute atomic E-state index is 0.0368. The number of esters is 1. The van der Waals surface area contributed by atoms with Crippen LogP contribution >= 0.6 is 11.6 Å². The number of halogens is 1. The van der Waals surface area contributed by atoms with Crippen molar-refractivity contribution >= 4 is 38.4 Å². The molecule has 9 heteroatoms. The Balaban J connectivity index is 1.91. The fraction of sp³-hybridized carbons (Fsp3) is 0.111. The standard InChI is InChI=1S/C18H13ClO7S/c1-27(23,24)12-3-5-15(19)14(8-12)18(22)25-9-10-6-17(21)26-16-7-11(20)2-4-13(10)16/h2-8,20H,9H2,1H3. The highest BCUT2D eigenvalue weighted by Crippen LogP contribution is 2.24. The first-order valence-corrected chi connectivity index (χ1v) is 9.84. The highest BCUT2D eigenvalue weighted by molar-refractivity contribution is 7.90. The van der Waals surface area contributed by atoms with Gasteiger partial charge in [0.2, 0.25) is 0 Å². The molecule has 0 bridgehead atoms. The number of hydrogen-bond acceptors (Lipinski definition) is 7. The molecule has 0 unspecified atom stereocenters. The molecule has 0 radical (unpaired) electrons. The normalized spacial score (nSPS) is 11.5. The summed E-state index contributed by atoms with van der Waals surface area (Å²) < 4.78 is 33.5. The van der Waals surface area contributed by atoms with Crippen LogP contribution in [0.25, 0.3) is 11.0 Å². The zero-order chi connectivity index (χ0) is 19.8. The molecule has 0 aliphatic heterocycles. The molecule has 2 aromatic carbocycles. The smallest absolute Gasteiger partial charge is 0.340 e. The summed E-state index contributed by atoms with van der Waals surface area (Å²) in [6.07, 6.45) is 1.01. The molecule has 3 aromatic rings. The van der Waals surface area contributed by atoms with Crippen molar-refractivity contribution in [2.45, 2.75) is 11.5 Å². The lowest BCUT2D eigenvalue weighted by Crippen LogP contribution is -2.09. The van der Waals surface area contributed by atoms with E-state index >= 15 is 0 Å². The van der Waals surface area contributed by atoms with E-state index in [1.54, 1.807) is 0 Å². The summed E-state index contributed by atoms with van der Waals surface area (Å²) in [6, 6.07) is 9.08. The van der Waals surface area contributed by atoms with E-state index in [4.69, 9.17) is 20.8 Å². The van der Waals surface area contributed by atoms with Gasteiger partial charge in [-0.3, -0.25) is 0 Å². The van der Waals surface area contributed by atoms with Crippen molar-refractivity contribution in [3.05, 3.63) is 69.0 Å². The van der Waals surface area contributed by atoms with Gasteiger partial charge in [-0.2, -0.15) is 0 Å². The van der Waals surface area contributed by atoms with Gasteiger partial charge in [-0.15, -0.1) is 0 Å². The lowest BCUT2D eigenvalue weighted by atomic mass is 10.1. The van der Waals surface area contributed by atoms with Crippen molar-refractivity contribution in [1.29, 1.82) is 0 Å². The van der Waals surface area contributed by atoms with E-state index in [-0.39, 0.29) is 33.4 Å². The SMILES string of the molecule is CS(=O)(=O)c1ccc(Cl)c(C(=O)OCc2cc(=O)oc3cc(O)ccc23)c1. The first kappa shape index (κ1) is 18.9. The number of phenolic OH excluding ortho intramolecular Hbond substituents is 1. The third kappa shape index (κ3) is 4.12. The van der Waals surface area contributed by atoms with Crippen LogP contribution in [0.3, 0.4) is 0 Å². The topological polar surface area (TPSA) is 111 Å². The van der Waals surface area contributed by atoms with Crippen molar-refractivity contribution in [2.75, 3.05) is 6.26 Å². The number of aromatic hydroxyl groups is 1. The summed E-state index contributed by atoms with van der Waals surface area (Å²) >= 11 is 5.97. The average molecular weight is 409 g/mol. The number of phenols is 1. The number of carbonyl (C=O) groups is 1. The molecular weight excluding hydrogens is 396 g/mol. The maximum Gasteiger partial charge on any atom is 0.340 e. The van der Waals surface area contributed by atoms with E-state index in [9.17, 15) is 23.1 Å². The maximum atomic E-state index is 12.4. The van der Waals surface area contributed by atoms with Crippen LogP contribution in [0.4, 0.5) is 0 Å². The Morgan fingerprint density at radius 3 is 2.63 bits per heavy atom. The second kappa shape index (κ2) is 7.05. The van der Waals surface area contributed by atoms with E-state index in [1.807, 2.05) is 0 Å². The monoisotopic (exact) mass is 408 g/mol. The van der Waals surface area contributed by atoms with Crippen molar-refractivity contribution < 1.29 is 27.5 Å². The van der Waals surface area contributed by atoms with Gasteiger partial charge < -0.3 is 14.3 Å². The molecule has 0 fully saturated rings. The minimum atomic E-state index is -3.53. The van der Waals surface area contributed by atoms with Crippen molar-refractivity contribution in [3.8, 4) is 5.75 Å². The molecule has 0 spiro atoms. The summed E-state index contributed by atoms with van der Waals surface area (Å²) in [5.41, 5.74) is -0.267. The lowest BCUT2D eigenvalue weighted by Gasteiger charge is -2.09. The van der Waals surface area contributed by atoms with Crippen LogP contribution < -0.4 is 5.63 Å². The Bertz CT molecular complexity index is 1210. The van der Waals surface area contributed by atoms with E-state index in [0.29, 0.717) is 10.9 Å². The molecular formula is C18H13ClO7S. The Morgan fingerprint density at radius 1 is 1.19 bits per heavy atom. The Morgan fingerprint density at radius 2 is 1.93 bits per heavy atom. The lowest BCUT2D eigenvalue weighted by molar-refractivity contribution is 0.0473. The summed E-state index contributed by atoms with van der Waals surface area (Å²) in [6.45, 7) is -0.273. The number of rotatable bonds is 4. The molecule has 0 aliphatic carbocycles. The number of ether oxygens (including phenoxy) is 1. The van der Waals surface area contributed by atoms with Gasteiger partial charge in [-0.1, -0.05) is 11.6 Å². The molecule has 1 aromatic heterocycles. The Kier molecular flexibility index (Phi) is 4.95. The van der Waals surface area contributed by atoms with Gasteiger partial charge in [0, 0.05) is 29.3 Å². The molecule has 0 atom stereocenters. The second-order valence-electron chi connectivity index (χ2n) is 5.76. The summed E-state index contributed by atoms with van der Waals surface area (Å²) in [5.74, 6) is -0.921. The molecule has 140 valence electrons. The van der Waals surface area contributed by atoms with Gasteiger partial charge in [-0.05, 0) is 30.3 Å². The largest absolute Gasteiger partial charge is 0.508 e. The molecule has 0 saturated carbocycles. The molecule has 27 heavy (non-hydrogen) atoms. The van der Waals surface area contributed by atoms with Crippen LogP contribution in [-0.2, 0) is 21.2 Å². The van der Waals surface area contributed by atoms with E-state index in [1.165, 1.54) is 36.4 Å². The maximum absolute atomic E-state index is 12.4. The molecule has 1 heterocycles. The first-order chi connectivity index (χ1) is 12.6. The van der Waals surface area contributed by atoms with Crippen molar-refractivity contribution in [3.63, 3.8) is 0 Å². The van der Waals surface area contributed by atoms with Crippen LogP contribution in [-0.4, -0.2) is 25.7 Å². The second-order valence-corrected chi connectivity index (χ2v) is 8.18. The average Bonchev–Trinajstić information content (AvgIpc) is 2.58. The fourth-order valence-electron chi connectivity index (χ4n) is 2.45. The molecule has 3 rings (SSSR count). The van der Waals surface area contributed by atoms with Gasteiger partial charge in [0.1, 0.15) is 17.9 Å². The van der Waals surface area contributed by atoms with Gasteiger partial charge in [0.15, 0.2) is 9.84 Å². The molecule has 0 aliphatic rings. The van der Waals surface area contributed by atoms with E-state index in [2.05, 4.69) is 0 Å². The van der Waals surface area contributed by atoms with Gasteiger partial charge in [0.05, 0.1) is 15.5 Å². The van der Waals surface area contributed by atoms with E-state index in [0.717, 1.165) is 12.3 Å². The number of hydrogen-bond donors (Lipinski definition) is 1. The van der Waals surface area contributed by atoms with Crippen LogP contribution in [0.15, 0.2) is 56.6 Å². The van der Waals surface area contributed by atoms with Crippen molar-refractivity contribution in [2.24, 2.45) is 0 Å². The van der Waals surface area contributed by atoms with Gasteiger partial charge in [-0.25, -0.2) is 18.0 Å². The quantitative estimate of drug-likeness (QED) is 0.521. The van der Waals surface area contributed by atoms with Crippen LogP contribution in [0, 0.1) is 0 Å². The summed E-state index contributed by atoms with van der Waals surface area (Å²) in [7, 11) is -3.53. The van der Waals surface area contributed by atoms with Crippen LogP contribution in [0.2, 0.25) is 5.02 Å². The number of carbonyl (C=O) groups excluding carboxylic acids is 1. The molecule has 7 nitrogen and oxygen atoms in total. The Hall–Kier alpha value is -2.84. The minimum Gasteiger partial charge on any atom is -0.508 e. The highest BCUT2D eigenvalue weighted by Gasteiger charge is 2.17. The zero-order valence-electron chi connectivity index (χ0n) is 13.9. The predicted octanol–water partition coefficient (Wildman–Crippen LogP) is 2.91. The van der Waals surface area contributed by atoms with Crippen LogP contribution in [0.5, 0.6) is 5.75 Å². The van der Waals surface area contributed by atoms with Gasteiger partial charge in [0.25, 0.3) is 0 Å². The third-order valence-electron chi connectivity index (χ3n) is 3.76. The fourth-order valence-corrected chi connectivity index (χ4v) is 3.29. The molecule has 0 amide bonds. The number of benzene rings is 2. The first-order valence-electron chi connectivity index (χ1n) is 7.57. The summed E-state index contributed by atoms with van der Waals surface area (Å²) in [5, 5.41) is 10.0. The van der Waals surface area contributed by atoms with E-state index < -0.39 is 21.4 Å². The molecule has 1 N–H and O–H groups in total. The highest BCUT2D eigenvalue weighted by atomic mass is 35.5. The summed E-state index contributed by atoms with van der Waals surface area (Å²) in [4.78, 5) is 23.9. The van der Waals surface area contributed by atoms with Crippen molar-refractivity contribution in [1.82, 2.24) is 0 Å². The third-order valence-corrected chi connectivity index (χ3v) is 5.20. The molecule has 0 saturated heterocycles. The van der Waals surface area contributed by atoms with Gasteiger partial charge >= 0.3 is 11.6 Å². The number of fused-ring (bicyclic) bond motifs is 1. The number of sulfone groups is 1. The van der Waals surface area contributed by atoms with Crippen LogP contribution in [0.1, 0.15) is 15.9 Å². The Labute approximate surface area is 158 Å². The zero-order valence-corrected chi connectivity index (χ0v) is 15.5.